The van der Waals surface area contributed by atoms with E-state index in [1.807, 2.05) is 13.8 Å². The molecule has 0 aromatic rings. The standard InChI is InChI=1S/C5H10O/c1-5(2)3-4-6/h4-5H,3H2,1-2H3/i4D. The summed E-state index contributed by atoms with van der Waals surface area (Å²) in [6.45, 7) is 3.85. The molecular weight excluding hydrogens is 76.1 g/mol. The highest BCUT2D eigenvalue weighted by Crippen LogP contribution is 1.92. The van der Waals surface area contributed by atoms with E-state index in [0.717, 1.165) is 0 Å². The molecule has 0 radical (unpaired) electrons. The SMILES string of the molecule is [2H]C(=O)CC(C)C. The average Bonchev–Trinajstić information content (AvgIpc) is 1.27. The van der Waals surface area contributed by atoms with Gasteiger partial charge in [-0.15, -0.1) is 0 Å². The van der Waals surface area contributed by atoms with Gasteiger partial charge < -0.3 is 4.79 Å². The smallest absolute Gasteiger partial charge is 0.120 e. The van der Waals surface area contributed by atoms with Gasteiger partial charge in [-0.3, -0.25) is 0 Å². The molecule has 0 fully saturated rings. The van der Waals surface area contributed by atoms with Crippen molar-refractivity contribution >= 4 is 6.26 Å². The van der Waals surface area contributed by atoms with Gasteiger partial charge in [0.05, 0.1) is 0 Å². The molecule has 0 amide bonds. The molecule has 0 heterocycles. The molecule has 0 bridgehead atoms. The fraction of sp³-hybridized carbons (Fsp3) is 0.800. The summed E-state index contributed by atoms with van der Waals surface area (Å²) in [6, 6.07) is 0. The van der Waals surface area contributed by atoms with E-state index in [1.165, 1.54) is 0 Å². The monoisotopic (exact) mass is 87.1 g/mol. The first kappa shape index (κ1) is 3.85. The Labute approximate surface area is 39.8 Å². The molecule has 0 aliphatic heterocycles. The third-order valence-electron chi connectivity index (χ3n) is 0.492. The fourth-order valence-corrected chi connectivity index (χ4v) is 0.167. The average molecular weight is 87.1 g/mol. The van der Waals surface area contributed by atoms with E-state index in [0.29, 0.717) is 12.3 Å². The van der Waals surface area contributed by atoms with Crippen molar-refractivity contribution in [2.45, 2.75) is 20.3 Å². The van der Waals surface area contributed by atoms with E-state index in [9.17, 15) is 4.79 Å². The van der Waals surface area contributed by atoms with E-state index >= 15 is 0 Å². The van der Waals surface area contributed by atoms with Crippen LogP contribution in [0.1, 0.15) is 21.6 Å². The summed E-state index contributed by atoms with van der Waals surface area (Å²) in [6.07, 6.45) is -0.0741. The lowest BCUT2D eigenvalue weighted by Crippen LogP contribution is -1.84. The summed E-state index contributed by atoms with van der Waals surface area (Å²) < 4.78 is 6.47. The summed E-state index contributed by atoms with van der Waals surface area (Å²) in [5.41, 5.74) is 0. The minimum absolute atomic E-state index is 0.338. The Hall–Kier alpha value is -0.330. The maximum atomic E-state index is 9.92. The van der Waals surface area contributed by atoms with Gasteiger partial charge in [-0.25, -0.2) is 0 Å². The second kappa shape index (κ2) is 2.88. The van der Waals surface area contributed by atoms with Crippen LogP contribution in [0, 0.1) is 5.92 Å². The molecule has 0 N–H and O–H groups in total. The van der Waals surface area contributed by atoms with E-state index in [1.54, 1.807) is 0 Å². The van der Waals surface area contributed by atoms with E-state index in [-0.39, 0.29) is 0 Å². The second-order valence-corrected chi connectivity index (χ2v) is 1.74. The van der Waals surface area contributed by atoms with Gasteiger partial charge in [-0.1, -0.05) is 13.8 Å². The zero-order chi connectivity index (χ0) is 5.86. The van der Waals surface area contributed by atoms with Crippen molar-refractivity contribution in [1.82, 2.24) is 0 Å². The second-order valence-electron chi connectivity index (χ2n) is 1.74. The summed E-state index contributed by atoms with van der Waals surface area (Å²) in [4.78, 5) is 9.92. The maximum Gasteiger partial charge on any atom is 0.120 e. The highest BCUT2D eigenvalue weighted by Gasteiger charge is 1.85. The molecule has 1 nitrogen and oxygen atoms in total. The quantitative estimate of drug-likeness (QED) is 0.463. The van der Waals surface area contributed by atoms with Crippen LogP contribution < -0.4 is 0 Å². The van der Waals surface area contributed by atoms with Crippen LogP contribution in [-0.4, -0.2) is 6.26 Å². The number of aldehydes is 1. The largest absolute Gasteiger partial charge is 0.303 e. The first-order valence-corrected chi connectivity index (χ1v) is 2.12. The topological polar surface area (TPSA) is 17.1 Å². The normalized spacial score (nSPS) is 11.5. The van der Waals surface area contributed by atoms with Gasteiger partial charge in [0.1, 0.15) is 7.63 Å². The summed E-state index contributed by atoms with van der Waals surface area (Å²) in [7, 11) is 0. The minimum atomic E-state index is -0.463. The Balaban J connectivity index is 3.13. The van der Waals surface area contributed by atoms with Crippen LogP contribution in [0.15, 0.2) is 0 Å². The maximum absolute atomic E-state index is 9.92. The molecule has 0 spiro atoms. The molecule has 0 aromatic heterocycles. The van der Waals surface area contributed by atoms with Crippen LogP contribution in [0.4, 0.5) is 0 Å². The lowest BCUT2D eigenvalue weighted by Gasteiger charge is -1.89. The molecule has 0 saturated carbocycles. The summed E-state index contributed by atoms with van der Waals surface area (Å²) >= 11 is 0. The molecule has 0 aliphatic rings. The molecule has 0 unspecified atom stereocenters. The van der Waals surface area contributed by atoms with Gasteiger partial charge in [0, 0.05) is 6.42 Å². The van der Waals surface area contributed by atoms with Crippen LogP contribution in [0.3, 0.4) is 0 Å². The predicted octanol–water partition coefficient (Wildman–Crippen LogP) is 1.23. The molecule has 0 aliphatic carbocycles. The number of hydrogen-bond donors (Lipinski definition) is 0. The van der Waals surface area contributed by atoms with Crippen molar-refractivity contribution in [2.24, 2.45) is 5.92 Å². The highest BCUT2D eigenvalue weighted by molar-refractivity contribution is 5.49. The van der Waals surface area contributed by atoms with Crippen LogP contribution in [0.25, 0.3) is 0 Å². The molecule has 36 valence electrons. The third kappa shape index (κ3) is 3.67. The van der Waals surface area contributed by atoms with Crippen molar-refractivity contribution in [3.8, 4) is 0 Å². The van der Waals surface area contributed by atoms with Gasteiger partial charge in [-0.05, 0) is 5.92 Å². The van der Waals surface area contributed by atoms with Crippen LogP contribution in [0.2, 0.25) is 0 Å². The molecule has 0 aromatic carbocycles. The first-order valence-electron chi connectivity index (χ1n) is 2.62. The summed E-state index contributed by atoms with van der Waals surface area (Å²) in [5, 5.41) is 0. The number of hydrogen-bond acceptors (Lipinski definition) is 1. The molecular formula is C5H10O. The van der Waals surface area contributed by atoms with Crippen molar-refractivity contribution in [1.29, 1.82) is 0 Å². The molecule has 0 atom stereocenters. The Morgan fingerprint density at radius 3 is 2.50 bits per heavy atom. The van der Waals surface area contributed by atoms with Gasteiger partial charge >= 0.3 is 0 Å². The van der Waals surface area contributed by atoms with Gasteiger partial charge in [0.2, 0.25) is 0 Å². The Kier molecular flexibility index (Phi) is 1.85. The zero-order valence-electron chi connectivity index (χ0n) is 5.19. The van der Waals surface area contributed by atoms with Crippen molar-refractivity contribution < 1.29 is 6.17 Å². The third-order valence-corrected chi connectivity index (χ3v) is 0.492. The van der Waals surface area contributed by atoms with Crippen LogP contribution >= 0.6 is 0 Å². The molecule has 6 heavy (non-hydrogen) atoms. The van der Waals surface area contributed by atoms with Gasteiger partial charge in [0.15, 0.2) is 0 Å². The van der Waals surface area contributed by atoms with E-state index in [2.05, 4.69) is 0 Å². The number of carbonyl (C=O) groups is 1. The van der Waals surface area contributed by atoms with Gasteiger partial charge in [-0.2, -0.15) is 0 Å². The Bertz CT molecular complexity index is 68.5. The van der Waals surface area contributed by atoms with Crippen LogP contribution in [0.5, 0.6) is 0 Å². The highest BCUT2D eigenvalue weighted by atomic mass is 16.1. The lowest BCUT2D eigenvalue weighted by molar-refractivity contribution is -0.108. The zero-order valence-corrected chi connectivity index (χ0v) is 4.19. The molecule has 1 heteroatoms. The van der Waals surface area contributed by atoms with Crippen molar-refractivity contribution in [3.05, 3.63) is 0 Å². The number of rotatable bonds is 2. The van der Waals surface area contributed by atoms with Crippen LogP contribution in [-0.2, 0) is 4.79 Å². The first-order chi connectivity index (χ1) is 3.13. The number of carbonyl (C=O) groups excluding carboxylic acids is 1. The lowest BCUT2D eigenvalue weighted by atomic mass is 10.2. The van der Waals surface area contributed by atoms with E-state index < -0.39 is 6.26 Å². The van der Waals surface area contributed by atoms with Gasteiger partial charge in [0.25, 0.3) is 0 Å². The van der Waals surface area contributed by atoms with E-state index in [4.69, 9.17) is 1.37 Å². The fourth-order valence-electron chi connectivity index (χ4n) is 0.167. The Morgan fingerprint density at radius 1 is 2.00 bits per heavy atom. The molecule has 0 rings (SSSR count). The van der Waals surface area contributed by atoms with Crippen molar-refractivity contribution in [2.75, 3.05) is 0 Å². The summed E-state index contributed by atoms with van der Waals surface area (Å²) in [5.74, 6) is 0.338. The molecule has 0 saturated heterocycles. The minimum Gasteiger partial charge on any atom is -0.303 e. The Morgan fingerprint density at radius 2 is 2.50 bits per heavy atom. The van der Waals surface area contributed by atoms with Crippen molar-refractivity contribution in [3.63, 3.8) is 0 Å². The predicted molar refractivity (Wildman–Crippen MR) is 25.5 cm³/mol.